The molecule has 0 amide bonds. The van der Waals surface area contributed by atoms with Gasteiger partial charge in [-0.2, -0.15) is 0 Å². The summed E-state index contributed by atoms with van der Waals surface area (Å²) in [6, 6.07) is 0. The van der Waals surface area contributed by atoms with Crippen LogP contribution in [0.2, 0.25) is 0 Å². The summed E-state index contributed by atoms with van der Waals surface area (Å²) in [4.78, 5) is 35.5. The predicted octanol–water partition coefficient (Wildman–Crippen LogP) is 9.92. The summed E-state index contributed by atoms with van der Waals surface area (Å²) in [5, 5.41) is 13.5. The molecule has 0 aromatic heterocycles. The van der Waals surface area contributed by atoms with Crippen LogP contribution in [0.15, 0.2) is 12.2 Å². The second kappa shape index (κ2) is 34.4. The molecule has 0 rings (SSSR count). The van der Waals surface area contributed by atoms with Crippen molar-refractivity contribution in [3.63, 3.8) is 0 Å². The van der Waals surface area contributed by atoms with E-state index in [-0.39, 0.29) is 19.4 Å². The third-order valence-corrected chi connectivity index (χ3v) is 9.61. The van der Waals surface area contributed by atoms with Crippen molar-refractivity contribution in [2.45, 2.75) is 193 Å². The Labute approximate surface area is 294 Å². The fourth-order valence-electron chi connectivity index (χ4n) is 5.56. The number of likely N-dealkylation sites (N-methyl/N-ethyl adjacent to an activating group) is 1. The van der Waals surface area contributed by atoms with Gasteiger partial charge in [0, 0.05) is 19.4 Å². The number of nitrogens with one attached hydrogen (secondary N) is 1. The van der Waals surface area contributed by atoms with Gasteiger partial charge in [-0.05, 0) is 45.6 Å². The number of carbonyl (C=O) groups is 2. The summed E-state index contributed by atoms with van der Waals surface area (Å²) >= 11 is 0. The van der Waals surface area contributed by atoms with E-state index in [0.29, 0.717) is 19.4 Å². The number of aliphatic hydroxyl groups excluding tert-OH is 1. The maximum absolute atomic E-state index is 13.0. The summed E-state index contributed by atoms with van der Waals surface area (Å²) in [7, 11) is -2.95. The number of esters is 1. The lowest BCUT2D eigenvalue weighted by Crippen LogP contribution is -2.39. The first-order chi connectivity index (χ1) is 23.3. The average molecular weight is 704 g/mol. The van der Waals surface area contributed by atoms with E-state index in [1.165, 1.54) is 83.5 Å². The Morgan fingerprint density at radius 3 is 1.60 bits per heavy atom. The number of ketones is 1. The van der Waals surface area contributed by atoms with Gasteiger partial charge in [0.05, 0.1) is 6.61 Å². The molecule has 3 atom stereocenters. The zero-order valence-electron chi connectivity index (χ0n) is 31.1. The molecule has 0 radical (unpaired) electrons. The molecule has 0 bridgehead atoms. The van der Waals surface area contributed by atoms with E-state index in [4.69, 9.17) is 13.8 Å². The van der Waals surface area contributed by atoms with Crippen LogP contribution < -0.4 is 5.32 Å². The van der Waals surface area contributed by atoms with Gasteiger partial charge in [0.1, 0.15) is 12.7 Å². The highest BCUT2D eigenvalue weighted by molar-refractivity contribution is 7.47. The molecule has 0 heterocycles. The first-order valence-corrected chi connectivity index (χ1v) is 21.1. The van der Waals surface area contributed by atoms with Gasteiger partial charge in [-0.25, -0.2) is 4.57 Å². The van der Waals surface area contributed by atoms with Crippen LogP contribution in [0.5, 0.6) is 0 Å². The van der Waals surface area contributed by atoms with Crippen molar-refractivity contribution >= 4 is 19.6 Å². The smallest absolute Gasteiger partial charge is 0.463 e. The van der Waals surface area contributed by atoms with E-state index in [2.05, 4.69) is 31.3 Å². The minimum absolute atomic E-state index is 0.0864. The molecule has 0 fully saturated rings. The Bertz CT molecular complexity index is 825. The molecule has 9 nitrogen and oxygen atoms in total. The largest absolute Gasteiger partial charge is 0.473 e. The SMILES string of the molecule is CCCCCCCC/C=C\CCCCCCCC(=O)C(OP(=O)(O)OCCNC)[C@@H](O)COC(=O)CCCCCCCCCCCCC. The molecule has 0 saturated carbocycles. The van der Waals surface area contributed by atoms with Crippen molar-refractivity contribution in [2.75, 3.05) is 26.8 Å². The van der Waals surface area contributed by atoms with Crippen LogP contribution >= 0.6 is 7.82 Å². The fourth-order valence-corrected chi connectivity index (χ4v) is 6.49. The van der Waals surface area contributed by atoms with Crippen LogP contribution in [-0.2, 0) is 27.9 Å². The Morgan fingerprint density at radius 1 is 0.688 bits per heavy atom. The lowest BCUT2D eigenvalue weighted by atomic mass is 10.0. The molecule has 3 N–H and O–H groups in total. The Hall–Kier alpha value is -1.09. The molecule has 0 aromatic rings. The zero-order valence-corrected chi connectivity index (χ0v) is 32.0. The molecular weight excluding hydrogens is 629 g/mol. The number of aliphatic hydroxyl groups is 1. The molecule has 48 heavy (non-hydrogen) atoms. The monoisotopic (exact) mass is 704 g/mol. The van der Waals surface area contributed by atoms with Crippen molar-refractivity contribution in [1.82, 2.24) is 5.32 Å². The highest BCUT2D eigenvalue weighted by Crippen LogP contribution is 2.45. The molecular formula is C38H74NO8P. The number of allylic oxidation sites excluding steroid dienone is 2. The van der Waals surface area contributed by atoms with E-state index in [1.807, 2.05) is 0 Å². The second-order valence-corrected chi connectivity index (χ2v) is 14.7. The third kappa shape index (κ3) is 30.9. The lowest BCUT2D eigenvalue weighted by Gasteiger charge is -2.24. The first-order valence-electron chi connectivity index (χ1n) is 19.6. The Morgan fingerprint density at radius 2 is 1.12 bits per heavy atom. The van der Waals surface area contributed by atoms with E-state index in [0.717, 1.165) is 57.8 Å². The summed E-state index contributed by atoms with van der Waals surface area (Å²) in [5.41, 5.74) is 0. The first kappa shape index (κ1) is 46.9. The summed E-state index contributed by atoms with van der Waals surface area (Å²) < 4.78 is 27.8. The van der Waals surface area contributed by atoms with Gasteiger partial charge in [0.2, 0.25) is 0 Å². The number of hydrogen-bond donors (Lipinski definition) is 3. The molecule has 0 aliphatic carbocycles. The Balaban J connectivity index is 4.41. The van der Waals surface area contributed by atoms with Gasteiger partial charge in [0.25, 0.3) is 0 Å². The van der Waals surface area contributed by atoms with Crippen molar-refractivity contribution in [2.24, 2.45) is 0 Å². The summed E-state index contributed by atoms with van der Waals surface area (Å²) in [5.74, 6) is -0.973. The molecule has 0 saturated heterocycles. The third-order valence-electron chi connectivity index (χ3n) is 8.60. The van der Waals surface area contributed by atoms with E-state index in [9.17, 15) is 24.2 Å². The molecule has 284 valence electrons. The van der Waals surface area contributed by atoms with E-state index in [1.54, 1.807) is 7.05 Å². The molecule has 10 heteroatoms. The second-order valence-electron chi connectivity index (χ2n) is 13.3. The normalized spacial score (nSPS) is 14.3. The maximum atomic E-state index is 13.0. The lowest BCUT2D eigenvalue weighted by molar-refractivity contribution is -0.152. The number of ether oxygens (including phenoxy) is 1. The number of unbranched alkanes of at least 4 members (excludes halogenated alkanes) is 21. The maximum Gasteiger partial charge on any atom is 0.473 e. The Kier molecular flexibility index (Phi) is 33.6. The molecule has 0 aliphatic rings. The molecule has 0 spiro atoms. The van der Waals surface area contributed by atoms with Gasteiger partial charge in [-0.3, -0.25) is 18.6 Å². The van der Waals surface area contributed by atoms with Crippen molar-refractivity contribution in [3.05, 3.63) is 12.2 Å². The quantitative estimate of drug-likeness (QED) is 0.0250. The topological polar surface area (TPSA) is 131 Å². The van der Waals surface area contributed by atoms with Crippen LogP contribution in [0.4, 0.5) is 0 Å². The van der Waals surface area contributed by atoms with Gasteiger partial charge >= 0.3 is 13.8 Å². The van der Waals surface area contributed by atoms with Crippen LogP contribution in [0, 0.1) is 0 Å². The van der Waals surface area contributed by atoms with Crippen LogP contribution in [-0.4, -0.2) is 60.8 Å². The molecule has 0 aliphatic heterocycles. The van der Waals surface area contributed by atoms with Crippen molar-refractivity contribution in [3.8, 4) is 0 Å². The van der Waals surface area contributed by atoms with Crippen LogP contribution in [0.25, 0.3) is 0 Å². The average Bonchev–Trinajstić information content (AvgIpc) is 3.06. The number of Topliss-reactive ketones (excluding diaryl/α,β-unsaturated/α-hetero) is 1. The van der Waals surface area contributed by atoms with E-state index >= 15 is 0 Å². The highest BCUT2D eigenvalue weighted by Gasteiger charge is 2.36. The minimum Gasteiger partial charge on any atom is -0.463 e. The number of phosphoric acid groups is 1. The minimum atomic E-state index is -4.62. The fraction of sp³-hybridized carbons (Fsp3) is 0.895. The molecule has 0 aromatic carbocycles. The van der Waals surface area contributed by atoms with E-state index < -0.39 is 38.4 Å². The summed E-state index contributed by atoms with van der Waals surface area (Å²) in [6.07, 6.45) is 29.3. The predicted molar refractivity (Wildman–Crippen MR) is 197 cm³/mol. The van der Waals surface area contributed by atoms with Crippen LogP contribution in [0.1, 0.15) is 181 Å². The number of phosphoric ester groups is 1. The van der Waals surface area contributed by atoms with Crippen LogP contribution in [0.3, 0.4) is 0 Å². The van der Waals surface area contributed by atoms with Gasteiger partial charge < -0.3 is 20.1 Å². The number of carbonyl (C=O) groups excluding carboxylic acids is 2. The standard InChI is InChI=1S/C38H74NO8P/c1-4-6-8-10-12-14-16-17-18-19-21-22-24-26-28-30-35(40)38(47-48(43,44)46-33-32-39-3)36(41)34-45-37(42)31-29-27-25-23-20-15-13-11-9-7-5-2/h17-18,36,38-39,41H,4-16,19-34H2,1-3H3,(H,43,44)/b18-17-/t36-,38?/m0/s1. The van der Waals surface area contributed by atoms with Crippen molar-refractivity contribution < 1.29 is 37.9 Å². The highest BCUT2D eigenvalue weighted by atomic mass is 31.2. The number of rotatable bonds is 37. The van der Waals surface area contributed by atoms with Gasteiger partial charge in [-0.1, -0.05) is 142 Å². The van der Waals surface area contributed by atoms with Gasteiger partial charge in [0.15, 0.2) is 11.9 Å². The number of hydrogen-bond acceptors (Lipinski definition) is 8. The zero-order chi connectivity index (χ0) is 35.6. The summed E-state index contributed by atoms with van der Waals surface area (Å²) in [6.45, 7) is 4.18. The molecule has 2 unspecified atom stereocenters. The van der Waals surface area contributed by atoms with Gasteiger partial charge in [-0.15, -0.1) is 0 Å². The van der Waals surface area contributed by atoms with Crippen molar-refractivity contribution in [1.29, 1.82) is 0 Å².